The molecule has 3 atom stereocenters. The molecule has 7 N–H and O–H groups in total. The molecule has 0 unspecified atom stereocenters. The SMILES string of the molecule is CC(C)[C@H]1NC(=O)[C@@H](Cc2cccc(C(F)(F)F)c2)NCCOc2ccccc2CCCNC(=O)[C@H](CCC(=N)N)NC1=O. The minimum Gasteiger partial charge on any atom is -0.492 e. The molecule has 1 heterocycles. The van der Waals surface area contributed by atoms with E-state index in [-0.39, 0.29) is 43.8 Å². The van der Waals surface area contributed by atoms with E-state index in [1.807, 2.05) is 24.3 Å². The lowest BCUT2D eigenvalue weighted by molar-refractivity contribution is -0.137. The number of alkyl halides is 3. The van der Waals surface area contributed by atoms with Gasteiger partial charge in [-0.1, -0.05) is 50.2 Å². The monoisotopic (exact) mass is 618 g/mol. The summed E-state index contributed by atoms with van der Waals surface area (Å²) >= 11 is 0. The van der Waals surface area contributed by atoms with Crippen molar-refractivity contribution in [1.82, 2.24) is 21.3 Å². The number of rotatable bonds is 6. The second-order valence-corrected chi connectivity index (χ2v) is 11.1. The van der Waals surface area contributed by atoms with Gasteiger partial charge in [-0.2, -0.15) is 13.2 Å². The number of fused-ring (bicyclic) bond motifs is 1. The van der Waals surface area contributed by atoms with Crippen molar-refractivity contribution in [3.05, 3.63) is 65.2 Å². The summed E-state index contributed by atoms with van der Waals surface area (Å²) in [6.45, 7) is 4.16. The molecule has 0 saturated heterocycles. The number of amides is 3. The number of nitrogens with one attached hydrogen (secondary N) is 5. The standard InChI is InChI=1S/C31H41F3N6O4/c1-19(2)27-30(43)39-23(12-13-26(35)36)28(41)38-14-6-9-21-8-3-4-11-25(21)44-16-15-37-24(29(42)40-27)18-20-7-5-10-22(17-20)31(32,33)34/h3-5,7-8,10-11,17,19,23-24,27,37H,6,9,12-16,18H2,1-2H3,(H3,35,36)(H,38,41)(H,39,43)(H,40,42)/t23-,24+,27+/m0/s1. The lowest BCUT2D eigenvalue weighted by atomic mass is 9.99. The molecule has 0 radical (unpaired) electrons. The number of aryl methyl sites for hydroxylation is 1. The third-order valence-electron chi connectivity index (χ3n) is 7.24. The number of carbonyl (C=O) groups excluding carboxylic acids is 3. The molecule has 240 valence electrons. The lowest BCUT2D eigenvalue weighted by Gasteiger charge is -2.27. The molecular weight excluding hydrogens is 577 g/mol. The molecule has 2 aromatic rings. The first kappa shape index (κ1) is 34.4. The Hall–Kier alpha value is -4.13. The van der Waals surface area contributed by atoms with Gasteiger partial charge in [0, 0.05) is 19.5 Å². The Morgan fingerprint density at radius 1 is 1.00 bits per heavy atom. The van der Waals surface area contributed by atoms with E-state index in [1.165, 1.54) is 12.1 Å². The molecule has 0 aliphatic carbocycles. The number of amidine groups is 1. The molecular formula is C31H41F3N6O4. The van der Waals surface area contributed by atoms with Crippen LogP contribution >= 0.6 is 0 Å². The highest BCUT2D eigenvalue weighted by atomic mass is 19.4. The third-order valence-corrected chi connectivity index (χ3v) is 7.24. The quantitative estimate of drug-likeness (QED) is 0.216. The van der Waals surface area contributed by atoms with Crippen molar-refractivity contribution in [2.75, 3.05) is 19.7 Å². The molecule has 0 fully saturated rings. The predicted molar refractivity (Wildman–Crippen MR) is 160 cm³/mol. The average Bonchev–Trinajstić information content (AvgIpc) is 2.96. The molecule has 0 spiro atoms. The molecule has 44 heavy (non-hydrogen) atoms. The lowest BCUT2D eigenvalue weighted by Crippen LogP contribution is -2.58. The normalized spacial score (nSPS) is 21.1. The number of para-hydroxylation sites is 1. The second-order valence-electron chi connectivity index (χ2n) is 11.1. The number of ether oxygens (including phenoxy) is 1. The molecule has 0 bridgehead atoms. The number of benzene rings is 2. The first-order chi connectivity index (χ1) is 20.8. The molecule has 0 saturated carbocycles. The highest BCUT2D eigenvalue weighted by molar-refractivity contribution is 5.93. The zero-order valence-electron chi connectivity index (χ0n) is 24.9. The van der Waals surface area contributed by atoms with Gasteiger partial charge in [-0.05, 0) is 54.9 Å². The van der Waals surface area contributed by atoms with Gasteiger partial charge in [-0.15, -0.1) is 0 Å². The van der Waals surface area contributed by atoms with Gasteiger partial charge in [0.25, 0.3) is 0 Å². The summed E-state index contributed by atoms with van der Waals surface area (Å²) in [6.07, 6.45) is -3.27. The molecule has 2 aromatic carbocycles. The number of hydrogen-bond donors (Lipinski definition) is 6. The first-order valence-corrected chi connectivity index (χ1v) is 14.7. The van der Waals surface area contributed by atoms with Crippen LogP contribution in [0.2, 0.25) is 0 Å². The molecule has 0 aromatic heterocycles. The van der Waals surface area contributed by atoms with E-state index in [4.69, 9.17) is 15.9 Å². The summed E-state index contributed by atoms with van der Waals surface area (Å²) in [5.41, 5.74) is 5.88. The van der Waals surface area contributed by atoms with Crippen molar-refractivity contribution < 1.29 is 32.3 Å². The third kappa shape index (κ3) is 10.5. The maximum Gasteiger partial charge on any atom is 0.416 e. The molecule has 13 heteroatoms. The fraction of sp³-hybridized carbons (Fsp3) is 0.484. The van der Waals surface area contributed by atoms with Crippen LogP contribution in [0, 0.1) is 11.3 Å². The largest absolute Gasteiger partial charge is 0.492 e. The van der Waals surface area contributed by atoms with Gasteiger partial charge in [-0.3, -0.25) is 19.8 Å². The molecule has 3 amide bonds. The highest BCUT2D eigenvalue weighted by Crippen LogP contribution is 2.29. The van der Waals surface area contributed by atoms with E-state index in [0.29, 0.717) is 25.1 Å². The predicted octanol–water partition coefficient (Wildman–Crippen LogP) is 2.69. The van der Waals surface area contributed by atoms with Crippen molar-refractivity contribution >= 4 is 23.6 Å². The van der Waals surface area contributed by atoms with Gasteiger partial charge in [0.2, 0.25) is 17.7 Å². The zero-order valence-corrected chi connectivity index (χ0v) is 24.9. The van der Waals surface area contributed by atoms with Crippen LogP contribution < -0.4 is 31.7 Å². The van der Waals surface area contributed by atoms with Gasteiger partial charge in [-0.25, -0.2) is 0 Å². The molecule has 1 aliphatic rings. The maximum absolute atomic E-state index is 13.6. The van der Waals surface area contributed by atoms with Crippen LogP contribution in [-0.2, 0) is 33.4 Å². The summed E-state index contributed by atoms with van der Waals surface area (Å²) < 4.78 is 46.1. The summed E-state index contributed by atoms with van der Waals surface area (Å²) in [4.78, 5) is 40.0. The molecule has 1 aliphatic heterocycles. The van der Waals surface area contributed by atoms with E-state index >= 15 is 0 Å². The molecule has 10 nitrogen and oxygen atoms in total. The number of carbonyl (C=O) groups is 3. The molecule has 3 rings (SSSR count). The van der Waals surface area contributed by atoms with Crippen LogP contribution in [0.4, 0.5) is 13.2 Å². The van der Waals surface area contributed by atoms with Crippen LogP contribution in [0.15, 0.2) is 48.5 Å². The summed E-state index contributed by atoms with van der Waals surface area (Å²) in [5, 5.41) is 18.9. The number of halogens is 3. The van der Waals surface area contributed by atoms with E-state index in [2.05, 4.69) is 21.3 Å². The van der Waals surface area contributed by atoms with Gasteiger partial charge in [0.15, 0.2) is 0 Å². The second kappa shape index (κ2) is 16.1. The van der Waals surface area contributed by atoms with Crippen molar-refractivity contribution in [2.45, 2.75) is 70.3 Å². The van der Waals surface area contributed by atoms with Crippen molar-refractivity contribution in [3.63, 3.8) is 0 Å². The van der Waals surface area contributed by atoms with Crippen LogP contribution in [-0.4, -0.2) is 61.4 Å². The zero-order chi connectivity index (χ0) is 32.3. The fourth-order valence-electron chi connectivity index (χ4n) is 4.85. The van der Waals surface area contributed by atoms with Crippen molar-refractivity contribution in [2.24, 2.45) is 11.7 Å². The first-order valence-electron chi connectivity index (χ1n) is 14.7. The Bertz CT molecular complexity index is 1300. The van der Waals surface area contributed by atoms with Crippen LogP contribution in [0.25, 0.3) is 0 Å². The smallest absolute Gasteiger partial charge is 0.416 e. The topological polar surface area (TPSA) is 158 Å². The Labute approximate surface area is 255 Å². The minimum absolute atomic E-state index is 0.0742. The van der Waals surface area contributed by atoms with E-state index in [0.717, 1.165) is 17.7 Å². The summed E-state index contributed by atoms with van der Waals surface area (Å²) in [7, 11) is 0. The number of hydrogen-bond acceptors (Lipinski definition) is 6. The minimum atomic E-state index is -4.54. The van der Waals surface area contributed by atoms with Gasteiger partial charge < -0.3 is 31.7 Å². The van der Waals surface area contributed by atoms with Gasteiger partial charge >= 0.3 is 6.18 Å². The summed E-state index contributed by atoms with van der Waals surface area (Å²) in [5.74, 6) is -1.53. The van der Waals surface area contributed by atoms with Crippen LogP contribution in [0.5, 0.6) is 5.75 Å². The van der Waals surface area contributed by atoms with Crippen LogP contribution in [0.1, 0.15) is 49.8 Å². The Balaban J connectivity index is 1.90. The van der Waals surface area contributed by atoms with E-state index in [9.17, 15) is 27.6 Å². The Morgan fingerprint density at radius 2 is 1.75 bits per heavy atom. The van der Waals surface area contributed by atoms with Crippen LogP contribution in [0.3, 0.4) is 0 Å². The average molecular weight is 619 g/mol. The van der Waals surface area contributed by atoms with Gasteiger partial charge in [0.05, 0.1) is 17.4 Å². The van der Waals surface area contributed by atoms with Crippen molar-refractivity contribution in [3.8, 4) is 5.75 Å². The number of nitrogens with two attached hydrogens (primary N) is 1. The van der Waals surface area contributed by atoms with E-state index in [1.54, 1.807) is 13.8 Å². The van der Waals surface area contributed by atoms with E-state index < -0.39 is 53.5 Å². The Kier molecular flexibility index (Phi) is 12.6. The summed E-state index contributed by atoms with van der Waals surface area (Å²) in [6, 6.07) is 9.14. The van der Waals surface area contributed by atoms with Crippen molar-refractivity contribution in [1.29, 1.82) is 5.41 Å². The Morgan fingerprint density at radius 3 is 2.45 bits per heavy atom. The van der Waals surface area contributed by atoms with Gasteiger partial charge in [0.1, 0.15) is 24.4 Å². The fourth-order valence-corrected chi connectivity index (χ4v) is 4.85. The maximum atomic E-state index is 13.6. The highest BCUT2D eigenvalue weighted by Gasteiger charge is 2.33.